The Morgan fingerprint density at radius 3 is 2.26 bits per heavy atom. The summed E-state index contributed by atoms with van der Waals surface area (Å²) in [5.41, 5.74) is 12.2. The van der Waals surface area contributed by atoms with Gasteiger partial charge >= 0.3 is 18.2 Å². The Morgan fingerprint density at radius 1 is 1.10 bits per heavy atom. The van der Waals surface area contributed by atoms with Gasteiger partial charge in [-0.05, 0) is 37.3 Å². The molecule has 13 nitrogen and oxygen atoms in total. The molecule has 2 aromatic heterocycles. The summed E-state index contributed by atoms with van der Waals surface area (Å²) < 4.78 is 33.0. The van der Waals surface area contributed by atoms with Crippen molar-refractivity contribution in [1.82, 2.24) is 30.6 Å². The largest absolute Gasteiger partial charge is 0.490 e. The fourth-order valence-electron chi connectivity index (χ4n) is 2.75. The molecule has 216 valence electrons. The number of urea groups is 1. The number of halogens is 3. The minimum atomic E-state index is -5.08. The van der Waals surface area contributed by atoms with Gasteiger partial charge in [0.2, 0.25) is 11.7 Å². The highest BCUT2D eigenvalue weighted by molar-refractivity contribution is 5.76. The Labute approximate surface area is 222 Å². The second-order valence-corrected chi connectivity index (χ2v) is 9.52. The molecule has 0 bridgehead atoms. The van der Waals surface area contributed by atoms with Crippen LogP contribution in [0.15, 0.2) is 23.1 Å². The van der Waals surface area contributed by atoms with Gasteiger partial charge in [0.05, 0.1) is 0 Å². The zero-order valence-electron chi connectivity index (χ0n) is 22.2. The van der Waals surface area contributed by atoms with Crippen molar-refractivity contribution in [3.8, 4) is 0 Å². The topological polar surface area (TPSA) is 193 Å². The molecule has 2 heterocycles. The van der Waals surface area contributed by atoms with E-state index in [0.717, 1.165) is 17.7 Å². The number of carboxylic acid groups (broad SMARTS) is 1. The number of carbonyl (C=O) groups excluding carboxylic acids is 2. The molecule has 0 saturated carbocycles. The first-order valence-electron chi connectivity index (χ1n) is 11.6. The average molecular weight is 559 g/mol. The number of carboxylic acids is 1. The van der Waals surface area contributed by atoms with Gasteiger partial charge in [0.25, 0.3) is 5.56 Å². The highest BCUT2D eigenvalue weighted by Crippen LogP contribution is 2.16. The lowest BCUT2D eigenvalue weighted by Gasteiger charge is -2.18. The Kier molecular flexibility index (Phi) is 11.7. The van der Waals surface area contributed by atoms with E-state index >= 15 is 0 Å². The van der Waals surface area contributed by atoms with Crippen molar-refractivity contribution in [3.63, 3.8) is 0 Å². The summed E-state index contributed by atoms with van der Waals surface area (Å²) in [7, 11) is 0. The van der Waals surface area contributed by atoms with Crippen molar-refractivity contribution in [2.24, 2.45) is 5.41 Å². The number of amides is 3. The van der Waals surface area contributed by atoms with E-state index in [2.05, 4.69) is 52.2 Å². The number of hydrazine groups is 1. The second-order valence-electron chi connectivity index (χ2n) is 9.52. The van der Waals surface area contributed by atoms with Crippen LogP contribution in [0.25, 0.3) is 0 Å². The number of hydrogen-bond donors (Lipinski definition) is 6. The highest BCUT2D eigenvalue weighted by Gasteiger charge is 2.38. The summed E-state index contributed by atoms with van der Waals surface area (Å²) in [6.45, 7) is 10.3. The molecule has 2 aromatic rings. The SMILES string of the molecule is Cc1nc(N)ccc1CNC(=O)Cn1c(C)cnc(NNC(=O)NCCC(C)(C)C)c1=O.O=C(O)C(F)(F)F. The van der Waals surface area contributed by atoms with Gasteiger partial charge in [0.15, 0.2) is 0 Å². The van der Waals surface area contributed by atoms with Crippen LogP contribution < -0.4 is 32.8 Å². The Bertz CT molecular complexity index is 1230. The molecule has 0 saturated heterocycles. The first-order chi connectivity index (χ1) is 17.9. The molecule has 16 heteroatoms. The number of alkyl halides is 3. The Hall–Kier alpha value is -4.37. The van der Waals surface area contributed by atoms with Gasteiger partial charge < -0.3 is 21.5 Å². The molecule has 0 aliphatic heterocycles. The molecule has 0 atom stereocenters. The van der Waals surface area contributed by atoms with Crippen molar-refractivity contribution >= 4 is 29.5 Å². The first kappa shape index (κ1) is 32.7. The van der Waals surface area contributed by atoms with Crippen molar-refractivity contribution in [2.45, 2.75) is 60.3 Å². The van der Waals surface area contributed by atoms with Crippen molar-refractivity contribution < 1.29 is 32.7 Å². The quantitative estimate of drug-likeness (QED) is 0.262. The molecule has 2 rings (SSSR count). The van der Waals surface area contributed by atoms with E-state index in [-0.39, 0.29) is 30.2 Å². The van der Waals surface area contributed by atoms with Gasteiger partial charge in [-0.3, -0.25) is 25.0 Å². The van der Waals surface area contributed by atoms with Crippen molar-refractivity contribution in [3.05, 3.63) is 45.6 Å². The molecule has 0 fully saturated rings. The van der Waals surface area contributed by atoms with Gasteiger partial charge in [-0.25, -0.2) is 19.6 Å². The molecule has 0 aliphatic carbocycles. The van der Waals surface area contributed by atoms with Crippen LogP contribution in [-0.4, -0.2) is 50.3 Å². The second kappa shape index (κ2) is 14.0. The number of pyridine rings is 1. The molecule has 0 unspecified atom stereocenters. The smallest absolute Gasteiger partial charge is 0.475 e. The van der Waals surface area contributed by atoms with Gasteiger partial charge in [0.1, 0.15) is 12.4 Å². The number of aryl methyl sites for hydroxylation is 2. The van der Waals surface area contributed by atoms with Gasteiger partial charge in [-0.15, -0.1) is 0 Å². The van der Waals surface area contributed by atoms with E-state index in [4.69, 9.17) is 15.6 Å². The monoisotopic (exact) mass is 558 g/mol. The molecular weight excluding hydrogens is 525 g/mol. The summed E-state index contributed by atoms with van der Waals surface area (Å²) in [5.74, 6) is -2.79. The third kappa shape index (κ3) is 12.1. The Morgan fingerprint density at radius 2 is 1.72 bits per heavy atom. The van der Waals surface area contributed by atoms with E-state index < -0.39 is 23.7 Å². The number of hydrogen-bond acceptors (Lipinski definition) is 8. The summed E-state index contributed by atoms with van der Waals surface area (Å²) >= 11 is 0. The van der Waals surface area contributed by atoms with Crippen molar-refractivity contribution in [1.29, 1.82) is 0 Å². The van der Waals surface area contributed by atoms with E-state index in [1.54, 1.807) is 26.0 Å². The number of nitrogen functional groups attached to an aromatic ring is 1. The van der Waals surface area contributed by atoms with Gasteiger partial charge in [-0.1, -0.05) is 26.8 Å². The zero-order valence-corrected chi connectivity index (χ0v) is 22.2. The van der Waals surface area contributed by atoms with E-state index in [9.17, 15) is 27.6 Å². The maximum atomic E-state index is 12.7. The van der Waals surface area contributed by atoms with E-state index in [0.29, 0.717) is 18.1 Å². The molecule has 0 aliphatic rings. The minimum Gasteiger partial charge on any atom is -0.475 e. The van der Waals surface area contributed by atoms with Crippen LogP contribution in [0.4, 0.5) is 29.6 Å². The maximum absolute atomic E-state index is 12.7. The summed E-state index contributed by atoms with van der Waals surface area (Å²) in [4.78, 5) is 54.1. The predicted molar refractivity (Wildman–Crippen MR) is 136 cm³/mol. The van der Waals surface area contributed by atoms with Crippen molar-refractivity contribution in [2.75, 3.05) is 17.7 Å². The van der Waals surface area contributed by atoms with Crippen LogP contribution in [0.5, 0.6) is 0 Å². The van der Waals surface area contributed by atoms with Crippen LogP contribution >= 0.6 is 0 Å². The lowest BCUT2D eigenvalue weighted by Crippen LogP contribution is -2.42. The number of rotatable bonds is 8. The molecule has 0 aromatic carbocycles. The van der Waals surface area contributed by atoms with Crippen LogP contribution in [0, 0.1) is 19.3 Å². The predicted octanol–water partition coefficient (Wildman–Crippen LogP) is 1.85. The standard InChI is InChI=1S/C21H32N8O3.C2HF3O2/c1-13-10-25-18(27-28-20(32)23-9-8-21(3,4)5)19(31)29(13)12-17(30)24-11-15-6-7-16(22)26-14(15)2;3-2(4,5)1(6)7/h6-7,10H,8-9,11-12H2,1-5H3,(H2,22,26)(H,24,30)(H,25,27)(H2,23,28,32);(H,6,7). The number of nitrogens with one attached hydrogen (secondary N) is 4. The normalized spacial score (nSPS) is 11.1. The average Bonchev–Trinajstić information content (AvgIpc) is 2.79. The molecule has 7 N–H and O–H groups in total. The maximum Gasteiger partial charge on any atom is 0.490 e. The summed E-state index contributed by atoms with van der Waals surface area (Å²) in [6.07, 6.45) is -2.83. The lowest BCUT2D eigenvalue weighted by molar-refractivity contribution is -0.192. The van der Waals surface area contributed by atoms with Crippen LogP contribution in [0.3, 0.4) is 0 Å². The van der Waals surface area contributed by atoms with Gasteiger partial charge in [0, 0.05) is 30.7 Å². The van der Waals surface area contributed by atoms with Gasteiger partial charge in [-0.2, -0.15) is 13.2 Å². The fraction of sp³-hybridized carbons (Fsp3) is 0.478. The van der Waals surface area contributed by atoms with E-state index in [1.807, 2.05) is 0 Å². The number of aliphatic carboxylic acids is 1. The molecule has 3 amide bonds. The molecule has 0 radical (unpaired) electrons. The third-order valence-electron chi connectivity index (χ3n) is 4.95. The number of nitrogens with zero attached hydrogens (tertiary/aromatic N) is 3. The summed E-state index contributed by atoms with van der Waals surface area (Å²) in [6, 6.07) is 2.98. The fourth-order valence-corrected chi connectivity index (χ4v) is 2.75. The number of aromatic nitrogens is 3. The third-order valence-corrected chi connectivity index (χ3v) is 4.95. The number of anilines is 2. The van der Waals surface area contributed by atoms with E-state index in [1.165, 1.54) is 10.8 Å². The molecule has 0 spiro atoms. The zero-order chi connectivity index (χ0) is 30.0. The number of carbonyl (C=O) groups is 3. The highest BCUT2D eigenvalue weighted by atomic mass is 19.4. The Balaban J connectivity index is 0.000000956. The van der Waals surface area contributed by atoms with Crippen LogP contribution in [-0.2, 0) is 22.7 Å². The number of nitrogens with two attached hydrogens (primary N) is 1. The minimum absolute atomic E-state index is 0.0899. The van der Waals surface area contributed by atoms with Crippen LogP contribution in [0.2, 0.25) is 0 Å². The lowest BCUT2D eigenvalue weighted by atomic mass is 9.92. The van der Waals surface area contributed by atoms with Crippen LogP contribution in [0.1, 0.15) is 44.1 Å². The summed E-state index contributed by atoms with van der Waals surface area (Å²) in [5, 5.41) is 12.6. The molecular formula is C23H33F3N8O5. The molecule has 39 heavy (non-hydrogen) atoms. The first-order valence-corrected chi connectivity index (χ1v) is 11.6.